The highest BCUT2D eigenvalue weighted by molar-refractivity contribution is 7.98. The van der Waals surface area contributed by atoms with E-state index in [1.807, 2.05) is 18.2 Å². The van der Waals surface area contributed by atoms with Crippen molar-refractivity contribution >= 4 is 11.8 Å². The van der Waals surface area contributed by atoms with Gasteiger partial charge in [0.25, 0.3) is 5.56 Å². The molecule has 3 aromatic rings. The molecule has 0 spiro atoms. The van der Waals surface area contributed by atoms with E-state index in [9.17, 15) is 4.79 Å². The zero-order valence-electron chi connectivity index (χ0n) is 14.0. The average Bonchev–Trinajstić information content (AvgIpc) is 3.27. The van der Waals surface area contributed by atoms with Gasteiger partial charge < -0.3 is 9.40 Å². The molecule has 6 heteroatoms. The molecule has 0 fully saturated rings. The average molecular weight is 353 g/mol. The lowest BCUT2D eigenvalue weighted by molar-refractivity contribution is 0.318. The Morgan fingerprint density at radius 3 is 2.72 bits per heavy atom. The summed E-state index contributed by atoms with van der Waals surface area (Å²) < 4.78 is 5.11. The molecule has 0 saturated carbocycles. The Morgan fingerprint density at radius 1 is 1.16 bits per heavy atom. The summed E-state index contributed by atoms with van der Waals surface area (Å²) in [6.07, 6.45) is 3.47. The molecule has 0 saturated heterocycles. The maximum Gasteiger partial charge on any atom is 0.255 e. The number of H-pyrrole nitrogens is 1. The van der Waals surface area contributed by atoms with Crippen LogP contribution in [0.4, 0.5) is 0 Å². The van der Waals surface area contributed by atoms with Crippen LogP contribution in [0, 0.1) is 0 Å². The van der Waals surface area contributed by atoms with Gasteiger partial charge in [0.15, 0.2) is 0 Å². The molecule has 0 bridgehead atoms. The van der Waals surface area contributed by atoms with E-state index in [-0.39, 0.29) is 5.56 Å². The van der Waals surface area contributed by atoms with Gasteiger partial charge in [-0.25, -0.2) is 4.98 Å². The normalized spacial score (nSPS) is 13.4. The van der Waals surface area contributed by atoms with Crippen LogP contribution in [0.15, 0.2) is 52.1 Å². The van der Waals surface area contributed by atoms with Crippen molar-refractivity contribution in [2.45, 2.75) is 24.6 Å². The third-order valence-corrected chi connectivity index (χ3v) is 5.27. The lowest BCUT2D eigenvalue weighted by atomic mass is 10.1. The number of aromatic amines is 1. The number of hydrogen-bond acceptors (Lipinski definition) is 5. The number of fused-ring (bicyclic) bond motifs is 1. The number of aromatic nitrogens is 2. The van der Waals surface area contributed by atoms with Crippen LogP contribution in [-0.2, 0) is 24.6 Å². The van der Waals surface area contributed by atoms with E-state index < -0.39 is 0 Å². The first-order valence-corrected chi connectivity index (χ1v) is 9.33. The van der Waals surface area contributed by atoms with Gasteiger partial charge in [-0.3, -0.25) is 9.69 Å². The summed E-state index contributed by atoms with van der Waals surface area (Å²) in [5.41, 5.74) is 5.07. The third kappa shape index (κ3) is 3.55. The molecule has 0 amide bonds. The molecule has 128 valence electrons. The van der Waals surface area contributed by atoms with Crippen molar-refractivity contribution in [1.82, 2.24) is 14.9 Å². The zero-order valence-corrected chi connectivity index (χ0v) is 14.8. The number of nitrogens with one attached hydrogen (secondary N) is 1. The third-order valence-electron chi connectivity index (χ3n) is 4.30. The highest BCUT2D eigenvalue weighted by Crippen LogP contribution is 2.27. The second-order valence-corrected chi connectivity index (χ2v) is 7.32. The molecule has 25 heavy (non-hydrogen) atoms. The number of benzene rings is 1. The fraction of sp³-hybridized carbons (Fsp3) is 0.263. The van der Waals surface area contributed by atoms with Crippen LogP contribution < -0.4 is 5.56 Å². The Morgan fingerprint density at radius 2 is 1.96 bits per heavy atom. The van der Waals surface area contributed by atoms with Crippen molar-refractivity contribution in [3.63, 3.8) is 0 Å². The molecule has 1 N–H and O–H groups in total. The lowest BCUT2D eigenvalue weighted by Crippen LogP contribution is -2.17. The molecule has 3 heterocycles. The first kappa shape index (κ1) is 16.2. The maximum atomic E-state index is 12.1. The van der Waals surface area contributed by atoms with E-state index in [2.05, 4.69) is 34.0 Å². The van der Waals surface area contributed by atoms with Crippen LogP contribution in [0.5, 0.6) is 0 Å². The molecule has 4 rings (SSSR count). The van der Waals surface area contributed by atoms with Gasteiger partial charge in [-0.2, -0.15) is 11.8 Å². The number of rotatable bonds is 5. The quantitative estimate of drug-likeness (QED) is 0.762. The maximum absolute atomic E-state index is 12.1. The summed E-state index contributed by atoms with van der Waals surface area (Å²) in [4.78, 5) is 21.9. The number of thioether (sulfide) groups is 1. The highest BCUT2D eigenvalue weighted by Gasteiger charge is 2.18. The molecular weight excluding hydrogens is 334 g/mol. The lowest BCUT2D eigenvalue weighted by Gasteiger charge is -2.15. The fourth-order valence-corrected chi connectivity index (χ4v) is 4.07. The van der Waals surface area contributed by atoms with Gasteiger partial charge in [-0.05, 0) is 18.7 Å². The molecule has 5 nitrogen and oxygen atoms in total. The summed E-state index contributed by atoms with van der Waals surface area (Å²) in [5.74, 6) is 2.24. The van der Waals surface area contributed by atoms with E-state index in [1.165, 1.54) is 5.56 Å². The van der Waals surface area contributed by atoms with Gasteiger partial charge in [-0.1, -0.05) is 24.3 Å². The van der Waals surface area contributed by atoms with E-state index >= 15 is 0 Å². The van der Waals surface area contributed by atoms with Crippen LogP contribution in [0.1, 0.15) is 22.4 Å². The molecular formula is C19H19N3O2S. The molecule has 1 aliphatic heterocycles. The van der Waals surface area contributed by atoms with Crippen LogP contribution in [0.25, 0.3) is 11.4 Å². The van der Waals surface area contributed by atoms with Crippen molar-refractivity contribution in [2.24, 2.45) is 0 Å². The van der Waals surface area contributed by atoms with Gasteiger partial charge >= 0.3 is 0 Å². The predicted molar refractivity (Wildman–Crippen MR) is 99.2 cm³/mol. The van der Waals surface area contributed by atoms with Crippen LogP contribution in [0.2, 0.25) is 0 Å². The topological polar surface area (TPSA) is 62.1 Å². The van der Waals surface area contributed by atoms with Gasteiger partial charge in [0.1, 0.15) is 5.82 Å². The van der Waals surface area contributed by atoms with Gasteiger partial charge in [-0.15, -0.1) is 0 Å². The minimum atomic E-state index is -0.00563. The summed E-state index contributed by atoms with van der Waals surface area (Å²) in [6.45, 7) is 1.69. The minimum absolute atomic E-state index is 0.00563. The van der Waals surface area contributed by atoms with E-state index in [4.69, 9.17) is 4.42 Å². The summed E-state index contributed by atoms with van der Waals surface area (Å²) in [6, 6.07) is 10.2. The van der Waals surface area contributed by atoms with Crippen LogP contribution in [0.3, 0.4) is 0 Å². The van der Waals surface area contributed by atoms with E-state index in [1.54, 1.807) is 24.3 Å². The Balaban J connectivity index is 1.49. The number of nitrogens with zero attached hydrogens (tertiary/aromatic N) is 2. The van der Waals surface area contributed by atoms with Crippen molar-refractivity contribution in [1.29, 1.82) is 0 Å². The zero-order chi connectivity index (χ0) is 17.2. The second kappa shape index (κ2) is 6.90. The van der Waals surface area contributed by atoms with Crippen LogP contribution in [-0.4, -0.2) is 21.9 Å². The molecule has 0 aliphatic carbocycles. The highest BCUT2D eigenvalue weighted by atomic mass is 32.2. The van der Waals surface area contributed by atoms with Gasteiger partial charge in [0.05, 0.1) is 18.2 Å². The smallest absolute Gasteiger partial charge is 0.255 e. The summed E-state index contributed by atoms with van der Waals surface area (Å²) in [5, 5.41) is 0. The van der Waals surface area contributed by atoms with Crippen molar-refractivity contribution in [3.8, 4) is 11.4 Å². The Bertz CT molecular complexity index is 917. The van der Waals surface area contributed by atoms with E-state index in [0.717, 1.165) is 47.0 Å². The molecule has 0 unspecified atom stereocenters. The SMILES string of the molecule is CN(Cc1ccc(-c2nc3c(c(=O)[nH]2)CSC3)cc1)Cc1ccoc1. The molecule has 1 aromatic carbocycles. The minimum Gasteiger partial charge on any atom is -0.472 e. The summed E-state index contributed by atoms with van der Waals surface area (Å²) in [7, 11) is 2.08. The van der Waals surface area contributed by atoms with E-state index in [0.29, 0.717) is 5.82 Å². The first-order chi connectivity index (χ1) is 12.2. The Hall–Kier alpha value is -2.31. The fourth-order valence-electron chi connectivity index (χ4n) is 3.03. The first-order valence-electron chi connectivity index (χ1n) is 8.18. The van der Waals surface area contributed by atoms with Gasteiger partial charge in [0.2, 0.25) is 0 Å². The molecule has 0 radical (unpaired) electrons. The molecule has 0 atom stereocenters. The number of furan rings is 1. The van der Waals surface area contributed by atoms with Gasteiger partial charge in [0, 0.05) is 41.3 Å². The molecule has 2 aromatic heterocycles. The Labute approximate surface area is 150 Å². The van der Waals surface area contributed by atoms with Crippen LogP contribution >= 0.6 is 11.8 Å². The summed E-state index contributed by atoms with van der Waals surface area (Å²) >= 11 is 1.74. The number of hydrogen-bond donors (Lipinski definition) is 1. The monoisotopic (exact) mass is 353 g/mol. The van der Waals surface area contributed by atoms with Crippen molar-refractivity contribution in [3.05, 3.63) is 75.6 Å². The second-order valence-electron chi connectivity index (χ2n) is 6.33. The predicted octanol–water partition coefficient (Wildman–Crippen LogP) is 3.41. The molecule has 1 aliphatic rings. The van der Waals surface area contributed by atoms with Crippen molar-refractivity contribution in [2.75, 3.05) is 7.05 Å². The van der Waals surface area contributed by atoms with Crippen molar-refractivity contribution < 1.29 is 4.42 Å². The Kier molecular flexibility index (Phi) is 4.46. The largest absolute Gasteiger partial charge is 0.472 e. The standard InChI is InChI=1S/C19H19N3O2S/c1-22(9-14-6-7-24-10-14)8-13-2-4-15(5-3-13)18-20-17-12-25-11-16(17)19(23)21-18/h2-7,10H,8-9,11-12H2,1H3,(H,20,21,23).